The SMILES string of the molecule is Cc1nc([C]=O)nn1-c1ccc(Cl)cc1. The van der Waals surface area contributed by atoms with Gasteiger partial charge in [-0.15, -0.1) is 5.10 Å². The van der Waals surface area contributed by atoms with E-state index < -0.39 is 0 Å². The summed E-state index contributed by atoms with van der Waals surface area (Å²) in [6, 6.07) is 7.11. The topological polar surface area (TPSA) is 47.8 Å². The van der Waals surface area contributed by atoms with Gasteiger partial charge in [-0.05, 0) is 31.2 Å². The predicted molar refractivity (Wildman–Crippen MR) is 55.9 cm³/mol. The normalized spacial score (nSPS) is 10.3. The molecule has 0 aliphatic carbocycles. The van der Waals surface area contributed by atoms with Crippen molar-refractivity contribution in [1.82, 2.24) is 14.8 Å². The summed E-state index contributed by atoms with van der Waals surface area (Å²) in [5.74, 6) is 0.693. The number of rotatable bonds is 2. The predicted octanol–water partition coefficient (Wildman–Crippen LogP) is 1.69. The molecular formula is C10H7ClN3O. The highest BCUT2D eigenvalue weighted by molar-refractivity contribution is 6.30. The molecule has 15 heavy (non-hydrogen) atoms. The minimum absolute atomic E-state index is 0.0578. The monoisotopic (exact) mass is 220 g/mol. The Morgan fingerprint density at radius 2 is 2.00 bits per heavy atom. The first kappa shape index (κ1) is 9.86. The minimum Gasteiger partial charge on any atom is -0.281 e. The van der Waals surface area contributed by atoms with Crippen molar-refractivity contribution in [3.05, 3.63) is 40.9 Å². The van der Waals surface area contributed by atoms with Crippen molar-refractivity contribution in [2.75, 3.05) is 0 Å². The second-order valence-corrected chi connectivity index (χ2v) is 3.41. The van der Waals surface area contributed by atoms with Crippen LogP contribution in [-0.4, -0.2) is 21.1 Å². The Kier molecular flexibility index (Phi) is 2.51. The van der Waals surface area contributed by atoms with E-state index in [1.54, 1.807) is 42.2 Å². The van der Waals surface area contributed by atoms with E-state index >= 15 is 0 Å². The first-order valence-corrected chi connectivity index (χ1v) is 4.66. The zero-order chi connectivity index (χ0) is 10.8. The molecule has 1 heterocycles. The summed E-state index contributed by atoms with van der Waals surface area (Å²) in [5.41, 5.74) is 0.811. The van der Waals surface area contributed by atoms with Crippen LogP contribution < -0.4 is 0 Å². The van der Waals surface area contributed by atoms with E-state index in [4.69, 9.17) is 11.6 Å². The van der Waals surface area contributed by atoms with E-state index in [1.807, 2.05) is 0 Å². The Morgan fingerprint density at radius 1 is 1.33 bits per heavy atom. The number of benzene rings is 1. The molecule has 5 heteroatoms. The van der Waals surface area contributed by atoms with Crippen LogP contribution in [0, 0.1) is 6.92 Å². The maximum atomic E-state index is 10.4. The van der Waals surface area contributed by atoms with Crippen LogP contribution in [0.5, 0.6) is 0 Å². The van der Waals surface area contributed by atoms with Gasteiger partial charge in [0, 0.05) is 5.02 Å². The van der Waals surface area contributed by atoms with Crippen LogP contribution in [0.3, 0.4) is 0 Å². The van der Waals surface area contributed by atoms with E-state index in [0.717, 1.165) is 5.69 Å². The molecule has 0 unspecified atom stereocenters. The van der Waals surface area contributed by atoms with E-state index in [9.17, 15) is 4.79 Å². The molecular weight excluding hydrogens is 214 g/mol. The third kappa shape index (κ3) is 1.89. The molecule has 2 aromatic rings. The number of halogens is 1. The number of hydrogen-bond donors (Lipinski definition) is 0. The highest BCUT2D eigenvalue weighted by Gasteiger charge is 2.07. The third-order valence-corrected chi connectivity index (χ3v) is 2.18. The Labute approximate surface area is 91.5 Å². The third-order valence-electron chi connectivity index (χ3n) is 1.93. The zero-order valence-electron chi connectivity index (χ0n) is 7.94. The van der Waals surface area contributed by atoms with Gasteiger partial charge in [0.1, 0.15) is 5.82 Å². The van der Waals surface area contributed by atoms with Crippen LogP contribution in [0.4, 0.5) is 0 Å². The fourth-order valence-corrected chi connectivity index (χ4v) is 1.39. The number of aryl methyl sites for hydroxylation is 1. The molecule has 2 rings (SSSR count). The number of nitrogens with zero attached hydrogens (tertiary/aromatic N) is 3. The Hall–Kier alpha value is -1.68. The lowest BCUT2D eigenvalue weighted by atomic mass is 10.3. The lowest BCUT2D eigenvalue weighted by Crippen LogP contribution is -1.98. The molecule has 75 valence electrons. The van der Waals surface area contributed by atoms with Crippen LogP contribution in [-0.2, 0) is 4.79 Å². The number of carbonyl (C=O) groups excluding carboxylic acids is 1. The molecule has 0 N–H and O–H groups in total. The first-order chi connectivity index (χ1) is 7.20. The highest BCUT2D eigenvalue weighted by Crippen LogP contribution is 2.13. The second kappa shape index (κ2) is 3.82. The van der Waals surface area contributed by atoms with Crippen LogP contribution in [0.15, 0.2) is 24.3 Å². The molecule has 4 nitrogen and oxygen atoms in total. The Bertz CT molecular complexity index is 490. The molecule has 0 spiro atoms. The van der Waals surface area contributed by atoms with Gasteiger partial charge in [-0.2, -0.15) is 0 Å². The summed E-state index contributed by atoms with van der Waals surface area (Å²) < 4.78 is 1.57. The van der Waals surface area contributed by atoms with Crippen molar-refractivity contribution in [3.63, 3.8) is 0 Å². The number of aromatic nitrogens is 3. The van der Waals surface area contributed by atoms with Gasteiger partial charge in [0.05, 0.1) is 5.69 Å². The van der Waals surface area contributed by atoms with Crippen LogP contribution >= 0.6 is 11.6 Å². The second-order valence-electron chi connectivity index (χ2n) is 2.97. The van der Waals surface area contributed by atoms with Crippen molar-refractivity contribution in [2.45, 2.75) is 6.92 Å². The summed E-state index contributed by atoms with van der Waals surface area (Å²) in [6.07, 6.45) is 1.65. The summed E-state index contributed by atoms with van der Waals surface area (Å²) in [6.45, 7) is 1.77. The Balaban J connectivity index is 2.48. The van der Waals surface area contributed by atoms with Crippen LogP contribution in [0.2, 0.25) is 5.02 Å². The summed E-state index contributed by atoms with van der Waals surface area (Å²) in [7, 11) is 0. The Morgan fingerprint density at radius 3 is 2.53 bits per heavy atom. The summed E-state index contributed by atoms with van der Waals surface area (Å²) in [4.78, 5) is 14.3. The van der Waals surface area contributed by atoms with Crippen molar-refractivity contribution >= 4 is 17.9 Å². The van der Waals surface area contributed by atoms with E-state index in [0.29, 0.717) is 10.8 Å². The lowest BCUT2D eigenvalue weighted by Gasteiger charge is -2.01. The van der Waals surface area contributed by atoms with E-state index in [-0.39, 0.29) is 5.82 Å². The van der Waals surface area contributed by atoms with Gasteiger partial charge in [0.25, 0.3) is 6.29 Å². The van der Waals surface area contributed by atoms with Gasteiger partial charge in [-0.25, -0.2) is 9.67 Å². The molecule has 0 aliphatic heterocycles. The first-order valence-electron chi connectivity index (χ1n) is 4.28. The van der Waals surface area contributed by atoms with Crippen LogP contribution in [0.25, 0.3) is 5.69 Å². The number of hydrogen-bond acceptors (Lipinski definition) is 3. The smallest absolute Gasteiger partial charge is 0.275 e. The zero-order valence-corrected chi connectivity index (χ0v) is 8.69. The highest BCUT2D eigenvalue weighted by atomic mass is 35.5. The molecule has 0 amide bonds. The summed E-state index contributed by atoms with van der Waals surface area (Å²) >= 11 is 5.76. The van der Waals surface area contributed by atoms with Crippen molar-refractivity contribution in [1.29, 1.82) is 0 Å². The average Bonchev–Trinajstić information content (AvgIpc) is 2.61. The molecule has 0 aliphatic rings. The van der Waals surface area contributed by atoms with Crippen molar-refractivity contribution in [2.24, 2.45) is 0 Å². The van der Waals surface area contributed by atoms with Gasteiger partial charge in [-0.1, -0.05) is 11.6 Å². The van der Waals surface area contributed by atoms with Gasteiger partial charge in [0.2, 0.25) is 5.82 Å². The van der Waals surface area contributed by atoms with E-state index in [2.05, 4.69) is 10.1 Å². The quantitative estimate of drug-likeness (QED) is 0.774. The van der Waals surface area contributed by atoms with Gasteiger partial charge in [-0.3, -0.25) is 4.79 Å². The standard InChI is InChI=1S/C10H7ClN3O/c1-7-12-10(6-15)13-14(7)9-4-2-8(11)3-5-9/h2-5H,1H3. The molecule has 0 saturated carbocycles. The molecule has 0 atom stereocenters. The lowest BCUT2D eigenvalue weighted by molar-refractivity contribution is 0.559. The van der Waals surface area contributed by atoms with E-state index in [1.165, 1.54) is 0 Å². The molecule has 0 saturated heterocycles. The van der Waals surface area contributed by atoms with Gasteiger partial charge in [0.15, 0.2) is 0 Å². The van der Waals surface area contributed by atoms with Crippen LogP contribution in [0.1, 0.15) is 11.6 Å². The molecule has 1 aromatic carbocycles. The minimum atomic E-state index is 0.0578. The van der Waals surface area contributed by atoms with Gasteiger partial charge < -0.3 is 0 Å². The summed E-state index contributed by atoms with van der Waals surface area (Å²) in [5, 5.41) is 4.62. The molecule has 1 aromatic heterocycles. The molecule has 1 radical (unpaired) electrons. The van der Waals surface area contributed by atoms with Crippen molar-refractivity contribution < 1.29 is 4.79 Å². The van der Waals surface area contributed by atoms with Gasteiger partial charge >= 0.3 is 0 Å². The molecule has 0 bridgehead atoms. The van der Waals surface area contributed by atoms with Crippen molar-refractivity contribution in [3.8, 4) is 5.69 Å². The molecule has 0 fully saturated rings. The maximum absolute atomic E-state index is 10.4. The largest absolute Gasteiger partial charge is 0.281 e. The fraction of sp³-hybridized carbons (Fsp3) is 0.100. The maximum Gasteiger partial charge on any atom is 0.275 e. The fourth-order valence-electron chi connectivity index (χ4n) is 1.26. The average molecular weight is 221 g/mol.